The highest BCUT2D eigenvalue weighted by molar-refractivity contribution is 7.91. The lowest BCUT2D eigenvalue weighted by atomic mass is 10.1. The monoisotopic (exact) mass is 274 g/mol. The van der Waals surface area contributed by atoms with E-state index in [2.05, 4.69) is 0 Å². The van der Waals surface area contributed by atoms with Crippen LogP contribution in [0.4, 0.5) is 0 Å². The van der Waals surface area contributed by atoms with E-state index in [4.69, 9.17) is 11.6 Å². The van der Waals surface area contributed by atoms with Crippen molar-refractivity contribution in [2.45, 2.75) is 43.4 Å². The first-order valence-electron chi connectivity index (χ1n) is 5.96. The van der Waals surface area contributed by atoms with E-state index in [1.807, 2.05) is 26.0 Å². The first-order valence-corrected chi connectivity index (χ1v) is 8.04. The van der Waals surface area contributed by atoms with Crippen molar-refractivity contribution in [1.82, 2.24) is 0 Å². The van der Waals surface area contributed by atoms with Crippen LogP contribution in [0.5, 0.6) is 0 Å². The number of rotatable bonds is 6. The van der Waals surface area contributed by atoms with E-state index in [0.717, 1.165) is 12.0 Å². The first kappa shape index (κ1) is 14.5. The number of halogens is 1. The topological polar surface area (TPSA) is 34.1 Å². The first-order chi connectivity index (χ1) is 8.01. The molecule has 1 aromatic rings. The molecule has 1 rings (SSSR count). The van der Waals surface area contributed by atoms with Crippen molar-refractivity contribution in [3.05, 3.63) is 29.8 Å². The maximum absolute atomic E-state index is 12.1. The van der Waals surface area contributed by atoms with Crippen molar-refractivity contribution in [2.24, 2.45) is 0 Å². The Bertz CT molecular complexity index is 454. The Labute approximate surface area is 109 Å². The molecule has 0 spiro atoms. The number of hydrogen-bond donors (Lipinski definition) is 0. The molecule has 0 radical (unpaired) electrons. The zero-order valence-electron chi connectivity index (χ0n) is 10.3. The Hall–Kier alpha value is -0.540. The van der Waals surface area contributed by atoms with Gasteiger partial charge in [0.2, 0.25) is 0 Å². The summed E-state index contributed by atoms with van der Waals surface area (Å²) in [6, 6.07) is 7.16. The third-order valence-corrected chi connectivity index (χ3v) is 5.14. The van der Waals surface area contributed by atoms with Gasteiger partial charge < -0.3 is 0 Å². The minimum absolute atomic E-state index is 0.00650. The van der Waals surface area contributed by atoms with Gasteiger partial charge in [0.1, 0.15) is 0 Å². The molecule has 4 heteroatoms. The lowest BCUT2D eigenvalue weighted by Crippen LogP contribution is -2.11. The Morgan fingerprint density at radius 3 is 2.47 bits per heavy atom. The molecular formula is C13H19ClO2S. The highest BCUT2D eigenvalue weighted by Gasteiger charge is 2.18. The lowest BCUT2D eigenvalue weighted by molar-refractivity contribution is 0.593. The molecule has 1 atom stereocenters. The average Bonchev–Trinajstić information content (AvgIpc) is 2.29. The van der Waals surface area contributed by atoms with Crippen molar-refractivity contribution in [1.29, 1.82) is 0 Å². The maximum Gasteiger partial charge on any atom is 0.178 e. The van der Waals surface area contributed by atoms with Crippen LogP contribution in [0, 0.1) is 0 Å². The molecule has 96 valence electrons. The van der Waals surface area contributed by atoms with Crippen molar-refractivity contribution in [2.75, 3.05) is 5.75 Å². The van der Waals surface area contributed by atoms with Gasteiger partial charge in [-0.2, -0.15) is 0 Å². The van der Waals surface area contributed by atoms with E-state index in [9.17, 15) is 8.42 Å². The summed E-state index contributed by atoms with van der Waals surface area (Å²) in [7, 11) is -3.15. The standard InChI is InChI=1S/C13H19ClO2S/c1-3-9-17(15,16)13-8-6-5-7-11(13)10-12(14)4-2/h5-8,12H,3-4,9-10H2,1-2H3. The summed E-state index contributed by atoms with van der Waals surface area (Å²) in [5.74, 6) is 0.198. The molecule has 2 nitrogen and oxygen atoms in total. The summed E-state index contributed by atoms with van der Waals surface area (Å²) in [5.41, 5.74) is 0.836. The minimum Gasteiger partial charge on any atom is -0.224 e. The molecule has 1 unspecified atom stereocenters. The normalized spacial score (nSPS) is 13.6. The van der Waals surface area contributed by atoms with Gasteiger partial charge in [-0.05, 0) is 30.9 Å². The van der Waals surface area contributed by atoms with Gasteiger partial charge in [0.15, 0.2) is 9.84 Å². The molecule has 1 aromatic carbocycles. The summed E-state index contributed by atoms with van der Waals surface area (Å²) in [5, 5.41) is -0.00650. The summed E-state index contributed by atoms with van der Waals surface area (Å²) < 4.78 is 24.2. The van der Waals surface area contributed by atoms with Crippen LogP contribution in [0.1, 0.15) is 32.3 Å². The second-order valence-electron chi connectivity index (χ2n) is 4.14. The highest BCUT2D eigenvalue weighted by Crippen LogP contribution is 2.21. The zero-order chi connectivity index (χ0) is 12.9. The number of sulfone groups is 1. The van der Waals surface area contributed by atoms with Crippen LogP contribution in [0.25, 0.3) is 0 Å². The van der Waals surface area contributed by atoms with Gasteiger partial charge in [-0.1, -0.05) is 32.0 Å². The molecular weight excluding hydrogens is 256 g/mol. The molecule has 0 aliphatic heterocycles. The molecule has 0 aliphatic rings. The predicted octanol–water partition coefficient (Wildman–Crippen LogP) is 3.43. The zero-order valence-corrected chi connectivity index (χ0v) is 11.9. The molecule has 0 saturated carbocycles. The molecule has 0 aliphatic carbocycles. The molecule has 0 heterocycles. The molecule has 0 amide bonds. The predicted molar refractivity (Wildman–Crippen MR) is 72.4 cm³/mol. The third kappa shape index (κ3) is 4.00. The van der Waals surface area contributed by atoms with E-state index in [1.165, 1.54) is 0 Å². The third-order valence-electron chi connectivity index (χ3n) is 2.66. The summed E-state index contributed by atoms with van der Waals surface area (Å²) >= 11 is 6.10. The van der Waals surface area contributed by atoms with Crippen molar-refractivity contribution >= 4 is 21.4 Å². The van der Waals surface area contributed by atoms with Crippen LogP contribution in [-0.2, 0) is 16.3 Å². The largest absolute Gasteiger partial charge is 0.224 e. The second-order valence-corrected chi connectivity index (χ2v) is 6.83. The minimum atomic E-state index is -3.15. The Morgan fingerprint density at radius 1 is 1.24 bits per heavy atom. The Kier molecular flexibility index (Phi) is 5.47. The van der Waals surface area contributed by atoms with E-state index < -0.39 is 9.84 Å². The van der Waals surface area contributed by atoms with Crippen LogP contribution in [0.2, 0.25) is 0 Å². The van der Waals surface area contributed by atoms with Crippen LogP contribution in [-0.4, -0.2) is 19.5 Å². The highest BCUT2D eigenvalue weighted by atomic mass is 35.5. The van der Waals surface area contributed by atoms with Crippen LogP contribution < -0.4 is 0 Å². The van der Waals surface area contributed by atoms with Crippen molar-refractivity contribution in [3.63, 3.8) is 0 Å². The maximum atomic E-state index is 12.1. The fraction of sp³-hybridized carbons (Fsp3) is 0.538. The Morgan fingerprint density at radius 2 is 1.88 bits per heavy atom. The number of alkyl halides is 1. The average molecular weight is 275 g/mol. The number of benzene rings is 1. The van der Waals surface area contributed by atoms with Crippen LogP contribution >= 0.6 is 11.6 Å². The number of hydrogen-bond acceptors (Lipinski definition) is 2. The van der Waals surface area contributed by atoms with Gasteiger partial charge in [-0.25, -0.2) is 8.42 Å². The summed E-state index contributed by atoms with van der Waals surface area (Å²) in [6.07, 6.45) is 2.08. The van der Waals surface area contributed by atoms with Gasteiger partial charge >= 0.3 is 0 Å². The molecule has 0 N–H and O–H groups in total. The quantitative estimate of drug-likeness (QED) is 0.745. The van der Waals surface area contributed by atoms with E-state index in [-0.39, 0.29) is 11.1 Å². The van der Waals surface area contributed by atoms with Gasteiger partial charge in [0, 0.05) is 5.38 Å². The fourth-order valence-electron chi connectivity index (χ4n) is 1.74. The molecule has 0 bridgehead atoms. The summed E-state index contributed by atoms with van der Waals surface area (Å²) in [4.78, 5) is 0.445. The van der Waals surface area contributed by atoms with E-state index in [0.29, 0.717) is 17.7 Å². The fourth-order valence-corrected chi connectivity index (χ4v) is 3.50. The summed E-state index contributed by atoms with van der Waals surface area (Å²) in [6.45, 7) is 3.87. The Balaban J connectivity index is 3.08. The van der Waals surface area contributed by atoms with Crippen molar-refractivity contribution in [3.8, 4) is 0 Å². The van der Waals surface area contributed by atoms with Crippen LogP contribution in [0.15, 0.2) is 29.2 Å². The van der Waals surface area contributed by atoms with Gasteiger partial charge in [-0.3, -0.25) is 0 Å². The molecule has 0 fully saturated rings. The molecule has 0 aromatic heterocycles. The molecule has 17 heavy (non-hydrogen) atoms. The second kappa shape index (κ2) is 6.41. The SMILES string of the molecule is CCCS(=O)(=O)c1ccccc1CC(Cl)CC. The van der Waals surface area contributed by atoms with Crippen molar-refractivity contribution < 1.29 is 8.42 Å². The van der Waals surface area contributed by atoms with E-state index in [1.54, 1.807) is 12.1 Å². The van der Waals surface area contributed by atoms with Gasteiger partial charge in [-0.15, -0.1) is 11.6 Å². The lowest BCUT2D eigenvalue weighted by Gasteiger charge is -2.12. The molecule has 0 saturated heterocycles. The van der Waals surface area contributed by atoms with Crippen LogP contribution in [0.3, 0.4) is 0 Å². The van der Waals surface area contributed by atoms with Gasteiger partial charge in [0.25, 0.3) is 0 Å². The van der Waals surface area contributed by atoms with Gasteiger partial charge in [0.05, 0.1) is 10.6 Å². The smallest absolute Gasteiger partial charge is 0.178 e. The van der Waals surface area contributed by atoms with E-state index >= 15 is 0 Å².